The van der Waals surface area contributed by atoms with E-state index >= 15 is 0 Å². The van der Waals surface area contributed by atoms with Gasteiger partial charge in [0.25, 0.3) is 0 Å². The van der Waals surface area contributed by atoms with Crippen molar-refractivity contribution in [3.05, 3.63) is 34.1 Å². The van der Waals surface area contributed by atoms with Gasteiger partial charge in [-0.15, -0.1) is 12.3 Å². The molecule has 0 heterocycles. The van der Waals surface area contributed by atoms with E-state index in [0.717, 1.165) is 10.0 Å². The first-order chi connectivity index (χ1) is 7.13. The van der Waals surface area contributed by atoms with Gasteiger partial charge in [-0.1, -0.05) is 15.9 Å². The molecule has 15 heavy (non-hydrogen) atoms. The van der Waals surface area contributed by atoms with Crippen LogP contribution in [0.5, 0.6) is 0 Å². The minimum absolute atomic E-state index is 0.223. The summed E-state index contributed by atoms with van der Waals surface area (Å²) in [6.45, 7) is 2.62. The Kier molecular flexibility index (Phi) is 4.80. The summed E-state index contributed by atoms with van der Waals surface area (Å²) in [7, 11) is 0. The van der Waals surface area contributed by atoms with Gasteiger partial charge < -0.3 is 5.32 Å². The molecule has 0 aliphatic rings. The third kappa shape index (κ3) is 4.03. The Balaban J connectivity index is 2.57. The second kappa shape index (κ2) is 5.89. The maximum atomic E-state index is 12.9. The zero-order valence-corrected chi connectivity index (χ0v) is 10.1. The predicted molar refractivity (Wildman–Crippen MR) is 63.9 cm³/mol. The lowest BCUT2D eigenvalue weighted by atomic mass is 10.2. The van der Waals surface area contributed by atoms with E-state index in [4.69, 9.17) is 6.42 Å². The Morgan fingerprint density at radius 2 is 2.33 bits per heavy atom. The molecular weight excluding hydrogens is 257 g/mol. The van der Waals surface area contributed by atoms with Gasteiger partial charge >= 0.3 is 0 Å². The highest BCUT2D eigenvalue weighted by molar-refractivity contribution is 9.10. The average molecular weight is 270 g/mol. The third-order valence-corrected chi connectivity index (χ3v) is 2.85. The largest absolute Gasteiger partial charge is 0.309 e. The fourth-order valence-electron chi connectivity index (χ4n) is 1.21. The molecular formula is C12H13BrFN. The van der Waals surface area contributed by atoms with Gasteiger partial charge in [0, 0.05) is 23.5 Å². The zero-order chi connectivity index (χ0) is 11.3. The van der Waals surface area contributed by atoms with Crippen molar-refractivity contribution in [2.75, 3.05) is 0 Å². The highest BCUT2D eigenvalue weighted by atomic mass is 79.9. The summed E-state index contributed by atoms with van der Waals surface area (Å²) in [5.74, 6) is 2.36. The van der Waals surface area contributed by atoms with Crippen molar-refractivity contribution in [3.63, 3.8) is 0 Å². The maximum absolute atomic E-state index is 12.9. The number of hydrogen-bond donors (Lipinski definition) is 1. The molecule has 1 rings (SSSR count). The Hall–Kier alpha value is -0.850. The van der Waals surface area contributed by atoms with Crippen molar-refractivity contribution >= 4 is 15.9 Å². The summed E-state index contributed by atoms with van der Waals surface area (Å²) in [6.07, 6.45) is 5.87. The molecule has 80 valence electrons. The molecule has 1 N–H and O–H groups in total. The molecule has 0 bridgehead atoms. The number of rotatable bonds is 4. The molecule has 0 saturated heterocycles. The summed E-state index contributed by atoms with van der Waals surface area (Å²) >= 11 is 3.37. The van der Waals surface area contributed by atoms with Gasteiger partial charge in [-0.3, -0.25) is 0 Å². The smallest absolute Gasteiger partial charge is 0.123 e. The molecule has 3 heteroatoms. The summed E-state index contributed by atoms with van der Waals surface area (Å²) < 4.78 is 13.8. The van der Waals surface area contributed by atoms with E-state index in [-0.39, 0.29) is 11.9 Å². The lowest BCUT2D eigenvalue weighted by Gasteiger charge is -2.11. The summed E-state index contributed by atoms with van der Waals surface area (Å²) in [6, 6.07) is 4.89. The second-order valence-electron chi connectivity index (χ2n) is 3.43. The van der Waals surface area contributed by atoms with Gasteiger partial charge in [-0.05, 0) is 30.7 Å². The number of terminal acetylenes is 1. The van der Waals surface area contributed by atoms with Crippen molar-refractivity contribution in [2.45, 2.75) is 25.9 Å². The highest BCUT2D eigenvalue weighted by Crippen LogP contribution is 2.17. The van der Waals surface area contributed by atoms with Crippen LogP contribution < -0.4 is 5.32 Å². The second-order valence-corrected chi connectivity index (χ2v) is 4.28. The quantitative estimate of drug-likeness (QED) is 0.829. The standard InChI is InChI=1S/C12H13BrFN/c1-3-4-9(2)15-8-10-7-11(14)5-6-12(10)13/h1,5-7,9,15H,4,8H2,2H3. The van der Waals surface area contributed by atoms with Crippen LogP contribution in [-0.2, 0) is 6.54 Å². The Bertz CT molecular complexity index is 370. The van der Waals surface area contributed by atoms with Crippen LogP contribution in [0, 0.1) is 18.2 Å². The Labute approximate surface area is 98.2 Å². The van der Waals surface area contributed by atoms with Crippen LogP contribution in [-0.4, -0.2) is 6.04 Å². The minimum atomic E-state index is -0.223. The summed E-state index contributed by atoms with van der Waals surface area (Å²) in [5, 5.41) is 3.23. The fourth-order valence-corrected chi connectivity index (χ4v) is 1.60. The fraction of sp³-hybridized carbons (Fsp3) is 0.333. The lowest BCUT2D eigenvalue weighted by molar-refractivity contribution is 0.554. The van der Waals surface area contributed by atoms with Crippen LogP contribution >= 0.6 is 15.9 Å². The topological polar surface area (TPSA) is 12.0 Å². The number of hydrogen-bond acceptors (Lipinski definition) is 1. The molecule has 0 aliphatic carbocycles. The predicted octanol–water partition coefficient (Wildman–Crippen LogP) is 3.09. The van der Waals surface area contributed by atoms with Crippen LogP contribution in [0.2, 0.25) is 0 Å². The maximum Gasteiger partial charge on any atom is 0.123 e. The van der Waals surface area contributed by atoms with Crippen molar-refractivity contribution in [3.8, 4) is 12.3 Å². The third-order valence-electron chi connectivity index (χ3n) is 2.07. The van der Waals surface area contributed by atoms with Gasteiger partial charge in [0.2, 0.25) is 0 Å². The van der Waals surface area contributed by atoms with E-state index in [1.165, 1.54) is 12.1 Å². The molecule has 1 atom stereocenters. The monoisotopic (exact) mass is 269 g/mol. The first-order valence-electron chi connectivity index (χ1n) is 4.74. The molecule has 1 unspecified atom stereocenters. The van der Waals surface area contributed by atoms with Crippen molar-refractivity contribution < 1.29 is 4.39 Å². The van der Waals surface area contributed by atoms with E-state index in [9.17, 15) is 4.39 Å². The average Bonchev–Trinajstić information content (AvgIpc) is 2.20. The van der Waals surface area contributed by atoms with Gasteiger partial charge in [0.05, 0.1) is 0 Å². The number of halogens is 2. The molecule has 0 saturated carbocycles. The SMILES string of the molecule is C#CCC(C)NCc1cc(F)ccc1Br. The molecule has 0 spiro atoms. The number of benzene rings is 1. The zero-order valence-electron chi connectivity index (χ0n) is 8.56. The van der Waals surface area contributed by atoms with Crippen LogP contribution in [0.25, 0.3) is 0 Å². The molecule has 0 aliphatic heterocycles. The van der Waals surface area contributed by atoms with E-state index in [2.05, 4.69) is 27.2 Å². The minimum Gasteiger partial charge on any atom is -0.309 e. The van der Waals surface area contributed by atoms with Crippen LogP contribution in [0.3, 0.4) is 0 Å². The van der Waals surface area contributed by atoms with E-state index < -0.39 is 0 Å². The van der Waals surface area contributed by atoms with Crippen LogP contribution in [0.15, 0.2) is 22.7 Å². The van der Waals surface area contributed by atoms with E-state index in [1.54, 1.807) is 6.07 Å². The van der Waals surface area contributed by atoms with Crippen LogP contribution in [0.4, 0.5) is 4.39 Å². The van der Waals surface area contributed by atoms with Gasteiger partial charge in [0.15, 0.2) is 0 Å². The molecule has 1 nitrogen and oxygen atoms in total. The molecule has 0 radical (unpaired) electrons. The first kappa shape index (κ1) is 12.2. The molecule has 0 aromatic heterocycles. The van der Waals surface area contributed by atoms with Gasteiger partial charge in [-0.2, -0.15) is 0 Å². The van der Waals surface area contributed by atoms with Crippen molar-refractivity contribution in [1.29, 1.82) is 0 Å². The van der Waals surface area contributed by atoms with Gasteiger partial charge in [0.1, 0.15) is 5.82 Å². The van der Waals surface area contributed by atoms with Crippen molar-refractivity contribution in [2.24, 2.45) is 0 Å². The van der Waals surface area contributed by atoms with E-state index in [1.807, 2.05) is 6.92 Å². The number of nitrogens with one attached hydrogen (secondary N) is 1. The van der Waals surface area contributed by atoms with E-state index in [0.29, 0.717) is 13.0 Å². The molecule has 0 amide bonds. The van der Waals surface area contributed by atoms with Gasteiger partial charge in [-0.25, -0.2) is 4.39 Å². The first-order valence-corrected chi connectivity index (χ1v) is 5.53. The molecule has 1 aromatic rings. The Morgan fingerprint density at radius 1 is 1.60 bits per heavy atom. The molecule has 0 fully saturated rings. The molecule has 1 aromatic carbocycles. The lowest BCUT2D eigenvalue weighted by Crippen LogP contribution is -2.25. The van der Waals surface area contributed by atoms with Crippen LogP contribution in [0.1, 0.15) is 18.9 Å². The Morgan fingerprint density at radius 3 is 3.00 bits per heavy atom. The normalized spacial score (nSPS) is 12.1. The highest BCUT2D eigenvalue weighted by Gasteiger charge is 2.03. The summed E-state index contributed by atoms with van der Waals surface area (Å²) in [4.78, 5) is 0. The van der Waals surface area contributed by atoms with Crippen molar-refractivity contribution in [1.82, 2.24) is 5.32 Å². The summed E-state index contributed by atoms with van der Waals surface area (Å²) in [5.41, 5.74) is 0.902.